The van der Waals surface area contributed by atoms with Gasteiger partial charge in [0, 0.05) is 11.1 Å². The Balaban J connectivity index is 1.84. The first kappa shape index (κ1) is 15.7. The first-order valence-corrected chi connectivity index (χ1v) is 7.08. The summed E-state index contributed by atoms with van der Waals surface area (Å²) in [5.74, 6) is -0.909. The SMILES string of the molecule is COc1cccc(C(=O)Cn2nc(-c3ccc(F)cc3)oc2=O)c1. The Labute approximate surface area is 136 Å². The van der Waals surface area contributed by atoms with Crippen LogP contribution in [0.25, 0.3) is 11.5 Å². The fourth-order valence-corrected chi connectivity index (χ4v) is 2.14. The first-order chi connectivity index (χ1) is 11.6. The largest absolute Gasteiger partial charge is 0.497 e. The molecule has 7 heteroatoms. The van der Waals surface area contributed by atoms with Crippen LogP contribution in [-0.4, -0.2) is 22.7 Å². The lowest BCUT2D eigenvalue weighted by molar-refractivity contribution is 0.0964. The quantitative estimate of drug-likeness (QED) is 0.673. The van der Waals surface area contributed by atoms with E-state index in [1.54, 1.807) is 24.3 Å². The minimum Gasteiger partial charge on any atom is -0.497 e. The van der Waals surface area contributed by atoms with E-state index in [-0.39, 0.29) is 18.2 Å². The van der Waals surface area contributed by atoms with E-state index in [4.69, 9.17) is 9.15 Å². The van der Waals surface area contributed by atoms with Crippen molar-refractivity contribution in [2.75, 3.05) is 7.11 Å². The van der Waals surface area contributed by atoms with Gasteiger partial charge in [0.05, 0.1) is 7.11 Å². The van der Waals surface area contributed by atoms with E-state index in [1.165, 1.54) is 31.4 Å². The number of hydrogen-bond acceptors (Lipinski definition) is 5. The van der Waals surface area contributed by atoms with Crippen LogP contribution in [0.15, 0.2) is 57.7 Å². The summed E-state index contributed by atoms with van der Waals surface area (Å²) in [6, 6.07) is 11.9. The summed E-state index contributed by atoms with van der Waals surface area (Å²) in [6.07, 6.45) is 0. The summed E-state index contributed by atoms with van der Waals surface area (Å²) in [5, 5.41) is 3.98. The molecule has 122 valence electrons. The molecule has 0 saturated heterocycles. The highest BCUT2D eigenvalue weighted by atomic mass is 19.1. The van der Waals surface area contributed by atoms with Crippen molar-refractivity contribution < 1.29 is 18.3 Å². The molecule has 0 aliphatic rings. The number of benzene rings is 2. The van der Waals surface area contributed by atoms with Crippen molar-refractivity contribution in [1.82, 2.24) is 9.78 Å². The summed E-state index contributed by atoms with van der Waals surface area (Å²) < 4.78 is 24.0. The molecule has 2 aromatic carbocycles. The Morgan fingerprint density at radius 1 is 1.25 bits per heavy atom. The van der Waals surface area contributed by atoms with Gasteiger partial charge in [0.25, 0.3) is 0 Å². The summed E-state index contributed by atoms with van der Waals surface area (Å²) >= 11 is 0. The van der Waals surface area contributed by atoms with Crippen molar-refractivity contribution in [3.63, 3.8) is 0 Å². The van der Waals surface area contributed by atoms with Crippen molar-refractivity contribution in [1.29, 1.82) is 0 Å². The predicted molar refractivity (Wildman–Crippen MR) is 83.5 cm³/mol. The second kappa shape index (κ2) is 6.49. The van der Waals surface area contributed by atoms with Gasteiger partial charge in [-0.15, -0.1) is 5.10 Å². The summed E-state index contributed by atoms with van der Waals surface area (Å²) in [7, 11) is 1.50. The van der Waals surface area contributed by atoms with Gasteiger partial charge in [0.15, 0.2) is 5.78 Å². The van der Waals surface area contributed by atoms with E-state index in [9.17, 15) is 14.0 Å². The standard InChI is InChI=1S/C17H13FN2O4/c1-23-14-4-2-3-12(9-14)15(21)10-20-17(22)24-16(19-20)11-5-7-13(18)8-6-11/h2-9H,10H2,1H3. The number of ketones is 1. The van der Waals surface area contributed by atoms with Crippen LogP contribution in [0.4, 0.5) is 4.39 Å². The molecule has 0 amide bonds. The molecule has 0 fully saturated rings. The number of hydrogen-bond donors (Lipinski definition) is 0. The van der Waals surface area contributed by atoms with Crippen LogP contribution in [0, 0.1) is 5.82 Å². The lowest BCUT2D eigenvalue weighted by Gasteiger charge is -2.03. The van der Waals surface area contributed by atoms with Crippen LogP contribution in [0.2, 0.25) is 0 Å². The Kier molecular flexibility index (Phi) is 4.24. The molecular weight excluding hydrogens is 315 g/mol. The Bertz CT molecular complexity index is 928. The van der Waals surface area contributed by atoms with E-state index in [0.29, 0.717) is 16.9 Å². The molecule has 0 saturated carbocycles. The van der Waals surface area contributed by atoms with Crippen molar-refractivity contribution in [2.45, 2.75) is 6.54 Å². The van der Waals surface area contributed by atoms with Crippen molar-refractivity contribution in [3.8, 4) is 17.2 Å². The Hall–Kier alpha value is -3.22. The number of nitrogens with zero attached hydrogens (tertiary/aromatic N) is 2. The second-order valence-electron chi connectivity index (χ2n) is 4.99. The van der Waals surface area contributed by atoms with Gasteiger partial charge < -0.3 is 9.15 Å². The number of rotatable bonds is 5. The maximum absolute atomic E-state index is 12.9. The van der Waals surface area contributed by atoms with Gasteiger partial charge in [0.1, 0.15) is 18.1 Å². The van der Waals surface area contributed by atoms with E-state index in [0.717, 1.165) is 4.68 Å². The maximum atomic E-state index is 12.9. The highest BCUT2D eigenvalue weighted by Gasteiger charge is 2.15. The molecule has 6 nitrogen and oxygen atoms in total. The number of Topliss-reactive ketones (excluding diaryl/α,β-unsaturated/α-hetero) is 1. The first-order valence-electron chi connectivity index (χ1n) is 7.08. The van der Waals surface area contributed by atoms with Crippen LogP contribution in [0.5, 0.6) is 5.75 Å². The van der Waals surface area contributed by atoms with Gasteiger partial charge >= 0.3 is 5.76 Å². The monoisotopic (exact) mass is 328 g/mol. The zero-order valence-electron chi connectivity index (χ0n) is 12.7. The molecule has 1 aromatic heterocycles. The summed E-state index contributed by atoms with van der Waals surface area (Å²) in [4.78, 5) is 24.1. The van der Waals surface area contributed by atoms with Crippen LogP contribution in [0.1, 0.15) is 10.4 Å². The molecule has 0 bridgehead atoms. The zero-order valence-corrected chi connectivity index (χ0v) is 12.7. The van der Waals surface area contributed by atoms with Crippen LogP contribution >= 0.6 is 0 Å². The third kappa shape index (κ3) is 3.24. The van der Waals surface area contributed by atoms with Gasteiger partial charge in [-0.3, -0.25) is 4.79 Å². The third-order valence-corrected chi connectivity index (χ3v) is 3.38. The second-order valence-corrected chi connectivity index (χ2v) is 4.99. The summed E-state index contributed by atoms with van der Waals surface area (Å²) in [5.41, 5.74) is 0.841. The Morgan fingerprint density at radius 3 is 2.71 bits per heavy atom. The molecule has 0 unspecified atom stereocenters. The van der Waals surface area contributed by atoms with Crippen LogP contribution < -0.4 is 10.5 Å². The highest BCUT2D eigenvalue weighted by molar-refractivity contribution is 5.96. The third-order valence-electron chi connectivity index (χ3n) is 3.38. The molecule has 24 heavy (non-hydrogen) atoms. The lowest BCUT2D eigenvalue weighted by atomic mass is 10.1. The lowest BCUT2D eigenvalue weighted by Crippen LogP contribution is -2.21. The van der Waals surface area contributed by atoms with E-state index in [1.807, 2.05) is 0 Å². The van der Waals surface area contributed by atoms with Gasteiger partial charge in [-0.2, -0.15) is 4.68 Å². The number of carbonyl (C=O) groups is 1. The minimum absolute atomic E-state index is 0.0263. The summed E-state index contributed by atoms with van der Waals surface area (Å²) in [6.45, 7) is -0.267. The van der Waals surface area contributed by atoms with Gasteiger partial charge in [-0.25, -0.2) is 9.18 Å². The number of methoxy groups -OCH3 is 1. The fourth-order valence-electron chi connectivity index (χ4n) is 2.14. The number of carbonyl (C=O) groups excluding carboxylic acids is 1. The van der Waals surface area contributed by atoms with Gasteiger partial charge in [0.2, 0.25) is 5.89 Å². The van der Waals surface area contributed by atoms with E-state index < -0.39 is 11.6 Å². The molecule has 0 N–H and O–H groups in total. The van der Waals surface area contributed by atoms with Crippen LogP contribution in [0.3, 0.4) is 0 Å². The topological polar surface area (TPSA) is 74.3 Å². The molecule has 3 aromatic rings. The van der Waals surface area contributed by atoms with Crippen molar-refractivity contribution >= 4 is 5.78 Å². The minimum atomic E-state index is -0.759. The average molecular weight is 328 g/mol. The molecular formula is C17H13FN2O4. The molecule has 1 heterocycles. The van der Waals surface area contributed by atoms with Crippen LogP contribution in [-0.2, 0) is 6.54 Å². The predicted octanol–water partition coefficient (Wildman–Crippen LogP) is 2.53. The normalized spacial score (nSPS) is 10.6. The van der Waals surface area contributed by atoms with Crippen molar-refractivity contribution in [2.24, 2.45) is 0 Å². The smallest absolute Gasteiger partial charge is 0.437 e. The molecule has 0 aliphatic heterocycles. The Morgan fingerprint density at radius 2 is 2.00 bits per heavy atom. The molecule has 3 rings (SSSR count). The van der Waals surface area contributed by atoms with E-state index >= 15 is 0 Å². The molecule has 0 spiro atoms. The number of aromatic nitrogens is 2. The zero-order chi connectivity index (χ0) is 17.1. The maximum Gasteiger partial charge on any atom is 0.437 e. The number of ether oxygens (including phenoxy) is 1. The average Bonchev–Trinajstić information content (AvgIpc) is 2.96. The molecule has 0 aliphatic carbocycles. The molecule has 0 radical (unpaired) electrons. The highest BCUT2D eigenvalue weighted by Crippen LogP contribution is 2.16. The molecule has 0 atom stereocenters. The fraction of sp³-hybridized carbons (Fsp3) is 0.118. The van der Waals surface area contributed by atoms with Crippen molar-refractivity contribution in [3.05, 3.63) is 70.5 Å². The number of halogens is 1. The van der Waals surface area contributed by atoms with Gasteiger partial charge in [-0.1, -0.05) is 12.1 Å². The van der Waals surface area contributed by atoms with E-state index in [2.05, 4.69) is 5.10 Å². The van der Waals surface area contributed by atoms with Gasteiger partial charge in [-0.05, 0) is 36.4 Å².